The maximum absolute atomic E-state index is 3.51. The van der Waals surface area contributed by atoms with Crippen molar-refractivity contribution in [3.05, 3.63) is 35.9 Å². The van der Waals surface area contributed by atoms with E-state index in [4.69, 9.17) is 0 Å². The molecule has 1 heterocycles. The van der Waals surface area contributed by atoms with Crippen LogP contribution in [0.1, 0.15) is 31.7 Å². The molecule has 1 aliphatic rings. The maximum Gasteiger partial charge on any atom is 0.0233 e. The van der Waals surface area contributed by atoms with E-state index in [-0.39, 0.29) is 24.8 Å². The lowest BCUT2D eigenvalue weighted by Gasteiger charge is -2.26. The first-order valence-corrected chi connectivity index (χ1v) is 7.35. The molecule has 1 N–H and O–H groups in total. The summed E-state index contributed by atoms with van der Waals surface area (Å²) in [5, 5.41) is 3.51. The zero-order valence-corrected chi connectivity index (χ0v) is 14.0. The molecule has 0 aliphatic carbocycles. The highest BCUT2D eigenvalue weighted by Crippen LogP contribution is 2.15. The number of rotatable bonds is 6. The van der Waals surface area contributed by atoms with Gasteiger partial charge in [-0.1, -0.05) is 37.3 Å². The molecule has 0 amide bonds. The highest BCUT2D eigenvalue weighted by Gasteiger charge is 2.14. The standard InChI is InChI=1S/C16H26N2.2ClH/c1-2-18(14-16-7-4-3-5-8-16)12-10-15-9-6-11-17-13-15;;/h3-5,7-8,15,17H,2,6,9-14H2,1H3;2*1H. The molecular formula is C16H28Cl2N2. The van der Waals surface area contributed by atoms with Gasteiger partial charge in [0.05, 0.1) is 0 Å². The predicted octanol–water partition coefficient (Wildman–Crippen LogP) is 3.74. The van der Waals surface area contributed by atoms with Gasteiger partial charge in [0.1, 0.15) is 0 Å². The Bertz CT molecular complexity index is 327. The minimum absolute atomic E-state index is 0. The number of hydrogen-bond donors (Lipinski definition) is 1. The molecule has 20 heavy (non-hydrogen) atoms. The number of benzene rings is 1. The molecule has 2 nitrogen and oxygen atoms in total. The van der Waals surface area contributed by atoms with Crippen molar-refractivity contribution in [2.24, 2.45) is 5.92 Å². The van der Waals surface area contributed by atoms with Crippen molar-refractivity contribution in [2.45, 2.75) is 32.7 Å². The third kappa shape index (κ3) is 6.94. The van der Waals surface area contributed by atoms with E-state index in [1.54, 1.807) is 0 Å². The van der Waals surface area contributed by atoms with Gasteiger partial charge in [0.15, 0.2) is 0 Å². The van der Waals surface area contributed by atoms with E-state index in [0.29, 0.717) is 0 Å². The van der Waals surface area contributed by atoms with Crippen molar-refractivity contribution >= 4 is 24.8 Å². The predicted molar refractivity (Wildman–Crippen MR) is 92.1 cm³/mol. The van der Waals surface area contributed by atoms with Crippen molar-refractivity contribution < 1.29 is 0 Å². The second-order valence-electron chi connectivity index (χ2n) is 5.36. The Balaban J connectivity index is 0.00000180. The van der Waals surface area contributed by atoms with Gasteiger partial charge in [-0.15, -0.1) is 24.8 Å². The van der Waals surface area contributed by atoms with Crippen molar-refractivity contribution in [3.8, 4) is 0 Å². The Morgan fingerprint density at radius 1 is 1.20 bits per heavy atom. The summed E-state index contributed by atoms with van der Waals surface area (Å²) in [6, 6.07) is 10.8. The van der Waals surface area contributed by atoms with Crippen LogP contribution in [0.3, 0.4) is 0 Å². The molecule has 1 fully saturated rings. The Hall–Kier alpha value is -0.280. The zero-order valence-electron chi connectivity index (χ0n) is 12.4. The van der Waals surface area contributed by atoms with Gasteiger partial charge in [0.25, 0.3) is 0 Å². The van der Waals surface area contributed by atoms with Crippen LogP contribution in [0.2, 0.25) is 0 Å². The average Bonchev–Trinajstić information content (AvgIpc) is 2.45. The third-order valence-electron chi connectivity index (χ3n) is 3.95. The van der Waals surface area contributed by atoms with Gasteiger partial charge in [0.2, 0.25) is 0 Å². The molecule has 2 rings (SSSR count). The van der Waals surface area contributed by atoms with Crippen LogP contribution in [0.25, 0.3) is 0 Å². The number of halogens is 2. The number of nitrogens with one attached hydrogen (secondary N) is 1. The fraction of sp³-hybridized carbons (Fsp3) is 0.625. The third-order valence-corrected chi connectivity index (χ3v) is 3.95. The minimum atomic E-state index is 0. The van der Waals surface area contributed by atoms with Gasteiger partial charge in [-0.3, -0.25) is 4.90 Å². The zero-order chi connectivity index (χ0) is 12.6. The minimum Gasteiger partial charge on any atom is -0.316 e. The Kier molecular flexibility index (Phi) is 11.2. The van der Waals surface area contributed by atoms with Gasteiger partial charge in [-0.2, -0.15) is 0 Å². The molecule has 0 saturated carbocycles. The van der Waals surface area contributed by atoms with E-state index >= 15 is 0 Å². The second-order valence-corrected chi connectivity index (χ2v) is 5.36. The van der Waals surface area contributed by atoms with Crippen molar-refractivity contribution in [2.75, 3.05) is 26.2 Å². The van der Waals surface area contributed by atoms with Crippen LogP contribution in [-0.2, 0) is 6.54 Å². The fourth-order valence-corrected chi connectivity index (χ4v) is 2.73. The lowest BCUT2D eigenvalue weighted by molar-refractivity contribution is 0.239. The molecule has 0 bridgehead atoms. The first kappa shape index (κ1) is 19.7. The van der Waals surface area contributed by atoms with Crippen LogP contribution < -0.4 is 5.32 Å². The lowest BCUT2D eigenvalue weighted by atomic mass is 9.96. The molecule has 1 aromatic rings. The summed E-state index contributed by atoms with van der Waals surface area (Å²) < 4.78 is 0. The van der Waals surface area contributed by atoms with E-state index in [9.17, 15) is 0 Å². The summed E-state index contributed by atoms with van der Waals surface area (Å²) >= 11 is 0. The van der Waals surface area contributed by atoms with Gasteiger partial charge < -0.3 is 5.32 Å². The van der Waals surface area contributed by atoms with E-state index in [2.05, 4.69) is 47.5 Å². The van der Waals surface area contributed by atoms with Crippen LogP contribution >= 0.6 is 24.8 Å². The molecule has 1 unspecified atom stereocenters. The molecule has 0 radical (unpaired) electrons. The van der Waals surface area contributed by atoms with Crippen LogP contribution in [-0.4, -0.2) is 31.1 Å². The molecule has 1 aliphatic heterocycles. The van der Waals surface area contributed by atoms with Gasteiger partial charge >= 0.3 is 0 Å². The fourth-order valence-electron chi connectivity index (χ4n) is 2.73. The summed E-state index contributed by atoms with van der Waals surface area (Å²) in [6.07, 6.45) is 4.11. The van der Waals surface area contributed by atoms with Crippen molar-refractivity contribution in [1.29, 1.82) is 0 Å². The van der Waals surface area contributed by atoms with E-state index < -0.39 is 0 Å². The first-order valence-electron chi connectivity index (χ1n) is 7.35. The van der Waals surface area contributed by atoms with E-state index in [1.807, 2.05) is 0 Å². The molecule has 1 atom stereocenters. The average molecular weight is 319 g/mol. The summed E-state index contributed by atoms with van der Waals surface area (Å²) in [4.78, 5) is 2.56. The topological polar surface area (TPSA) is 15.3 Å². The summed E-state index contributed by atoms with van der Waals surface area (Å²) in [5.41, 5.74) is 1.43. The van der Waals surface area contributed by atoms with Crippen molar-refractivity contribution in [1.82, 2.24) is 10.2 Å². The molecular weight excluding hydrogens is 291 g/mol. The number of nitrogens with zero attached hydrogens (tertiary/aromatic N) is 1. The Morgan fingerprint density at radius 2 is 1.95 bits per heavy atom. The largest absolute Gasteiger partial charge is 0.316 e. The highest BCUT2D eigenvalue weighted by molar-refractivity contribution is 5.85. The van der Waals surface area contributed by atoms with Gasteiger partial charge in [-0.25, -0.2) is 0 Å². The second kappa shape index (κ2) is 11.4. The van der Waals surface area contributed by atoms with Crippen LogP contribution in [0.5, 0.6) is 0 Å². The molecule has 1 aromatic carbocycles. The summed E-state index contributed by atoms with van der Waals surface area (Å²) in [7, 11) is 0. The highest BCUT2D eigenvalue weighted by atomic mass is 35.5. The number of piperidine rings is 1. The molecule has 0 aromatic heterocycles. The van der Waals surface area contributed by atoms with Crippen LogP contribution in [0.4, 0.5) is 0 Å². The molecule has 1 saturated heterocycles. The van der Waals surface area contributed by atoms with Crippen molar-refractivity contribution in [3.63, 3.8) is 0 Å². The van der Waals surface area contributed by atoms with Gasteiger partial charge in [0, 0.05) is 6.54 Å². The first-order chi connectivity index (χ1) is 8.88. The van der Waals surface area contributed by atoms with E-state index in [0.717, 1.165) is 19.0 Å². The molecule has 0 spiro atoms. The smallest absolute Gasteiger partial charge is 0.0233 e. The lowest BCUT2D eigenvalue weighted by Crippen LogP contribution is -2.33. The molecule has 116 valence electrons. The van der Waals surface area contributed by atoms with Crippen LogP contribution in [0.15, 0.2) is 30.3 Å². The van der Waals surface area contributed by atoms with Gasteiger partial charge in [-0.05, 0) is 56.9 Å². The summed E-state index contributed by atoms with van der Waals surface area (Å²) in [6.45, 7) is 8.19. The van der Waals surface area contributed by atoms with Crippen LogP contribution in [0, 0.1) is 5.92 Å². The SMILES string of the molecule is CCN(CCC1CCCNC1)Cc1ccccc1.Cl.Cl. The molecule has 4 heteroatoms. The maximum atomic E-state index is 3.51. The summed E-state index contributed by atoms with van der Waals surface area (Å²) in [5.74, 6) is 0.892. The monoisotopic (exact) mass is 318 g/mol. The quantitative estimate of drug-likeness (QED) is 0.859. The normalized spacial score (nSPS) is 18.2. The van der Waals surface area contributed by atoms with E-state index in [1.165, 1.54) is 44.5 Å². The Morgan fingerprint density at radius 3 is 2.55 bits per heavy atom. The number of hydrogen-bond acceptors (Lipinski definition) is 2. The Labute approximate surface area is 136 Å².